The van der Waals surface area contributed by atoms with Crippen LogP contribution in [0.1, 0.15) is 81.8 Å². The maximum atomic E-state index is 8.99. The molecule has 4 rings (SSSR count). The highest BCUT2D eigenvalue weighted by Crippen LogP contribution is 2.54. The van der Waals surface area contributed by atoms with Crippen LogP contribution in [-0.2, 0) is 0 Å². The Kier molecular flexibility index (Phi) is 4.66. The molecular formula is C23H31N. The first-order chi connectivity index (χ1) is 11.8. The first-order valence-corrected chi connectivity index (χ1v) is 10.3. The molecule has 1 heteroatoms. The van der Waals surface area contributed by atoms with Gasteiger partial charge in [0, 0.05) is 0 Å². The average Bonchev–Trinajstić information content (AvgIpc) is 2.67. The highest BCUT2D eigenvalue weighted by Gasteiger charge is 2.44. The van der Waals surface area contributed by atoms with Crippen molar-refractivity contribution < 1.29 is 0 Å². The van der Waals surface area contributed by atoms with Crippen LogP contribution in [0.5, 0.6) is 0 Å². The molecule has 24 heavy (non-hydrogen) atoms. The van der Waals surface area contributed by atoms with Crippen molar-refractivity contribution in [3.63, 3.8) is 0 Å². The molecule has 0 radical (unpaired) electrons. The molecule has 3 fully saturated rings. The van der Waals surface area contributed by atoms with Gasteiger partial charge in [0.25, 0.3) is 0 Å². The second kappa shape index (κ2) is 6.91. The lowest BCUT2D eigenvalue weighted by Gasteiger charge is -2.51. The summed E-state index contributed by atoms with van der Waals surface area (Å²) in [7, 11) is 0. The Bertz CT molecular complexity index is 595. The lowest BCUT2D eigenvalue weighted by Crippen LogP contribution is -2.41. The monoisotopic (exact) mass is 321 g/mol. The summed E-state index contributed by atoms with van der Waals surface area (Å²) in [6.07, 6.45) is 13.2. The van der Waals surface area contributed by atoms with Gasteiger partial charge in [0.15, 0.2) is 0 Å². The maximum absolute atomic E-state index is 8.99. The van der Waals surface area contributed by atoms with Gasteiger partial charge in [-0.3, -0.25) is 0 Å². The van der Waals surface area contributed by atoms with Gasteiger partial charge < -0.3 is 0 Å². The molecule has 1 nitrogen and oxygen atoms in total. The van der Waals surface area contributed by atoms with E-state index in [2.05, 4.69) is 25.1 Å². The summed E-state index contributed by atoms with van der Waals surface area (Å²) >= 11 is 0. The molecule has 0 bridgehead atoms. The number of hydrogen-bond donors (Lipinski definition) is 0. The summed E-state index contributed by atoms with van der Waals surface area (Å²) in [5.41, 5.74) is 2.27. The topological polar surface area (TPSA) is 23.8 Å². The second-order valence-corrected chi connectivity index (χ2v) is 8.76. The summed E-state index contributed by atoms with van der Waals surface area (Å²) in [5, 5.41) is 8.99. The predicted molar refractivity (Wildman–Crippen MR) is 98.6 cm³/mol. The molecule has 1 aromatic carbocycles. The fourth-order valence-corrected chi connectivity index (χ4v) is 6.39. The number of benzene rings is 1. The van der Waals surface area contributed by atoms with Crippen LogP contribution in [0.15, 0.2) is 24.3 Å². The van der Waals surface area contributed by atoms with Crippen LogP contribution in [-0.4, -0.2) is 0 Å². The van der Waals surface area contributed by atoms with E-state index < -0.39 is 0 Å². The average molecular weight is 322 g/mol. The minimum Gasteiger partial charge on any atom is -0.192 e. The SMILES string of the molecule is CC[C@@H]1CC[C@H]2[C@@H](CC[C@@H]3CC(c4ccc(C#N)cc4)CC[C@H]32)C1. The number of rotatable bonds is 2. The van der Waals surface area contributed by atoms with Gasteiger partial charge in [-0.1, -0.05) is 31.9 Å². The summed E-state index contributed by atoms with van der Waals surface area (Å²) in [4.78, 5) is 0. The van der Waals surface area contributed by atoms with Gasteiger partial charge in [0.1, 0.15) is 0 Å². The van der Waals surface area contributed by atoms with Gasteiger partial charge in [0.05, 0.1) is 11.6 Å². The zero-order chi connectivity index (χ0) is 16.5. The molecular weight excluding hydrogens is 290 g/mol. The van der Waals surface area contributed by atoms with Gasteiger partial charge in [0.2, 0.25) is 0 Å². The lowest BCUT2D eigenvalue weighted by molar-refractivity contribution is 0.00620. The van der Waals surface area contributed by atoms with E-state index in [1.807, 2.05) is 12.1 Å². The van der Waals surface area contributed by atoms with Crippen LogP contribution < -0.4 is 0 Å². The van der Waals surface area contributed by atoms with Gasteiger partial charge in [-0.15, -0.1) is 0 Å². The molecule has 3 saturated carbocycles. The molecule has 0 saturated heterocycles. The van der Waals surface area contributed by atoms with E-state index in [1.165, 1.54) is 63.4 Å². The Morgan fingerprint density at radius 3 is 2.21 bits per heavy atom. The van der Waals surface area contributed by atoms with Crippen molar-refractivity contribution in [3.8, 4) is 6.07 Å². The zero-order valence-corrected chi connectivity index (χ0v) is 15.1. The Labute approximate surface area is 147 Å². The Hall–Kier alpha value is -1.29. The molecule has 1 unspecified atom stereocenters. The molecule has 0 aliphatic heterocycles. The van der Waals surface area contributed by atoms with Gasteiger partial charge >= 0.3 is 0 Å². The summed E-state index contributed by atoms with van der Waals surface area (Å²) < 4.78 is 0. The van der Waals surface area contributed by atoms with Crippen molar-refractivity contribution in [1.29, 1.82) is 5.26 Å². The van der Waals surface area contributed by atoms with Gasteiger partial charge in [-0.25, -0.2) is 0 Å². The van der Waals surface area contributed by atoms with E-state index >= 15 is 0 Å². The number of fused-ring (bicyclic) bond motifs is 3. The summed E-state index contributed by atoms with van der Waals surface area (Å²) in [6.45, 7) is 2.39. The quantitative estimate of drug-likeness (QED) is 0.627. The van der Waals surface area contributed by atoms with E-state index in [0.717, 1.165) is 41.1 Å². The highest BCUT2D eigenvalue weighted by molar-refractivity contribution is 5.33. The molecule has 128 valence electrons. The number of nitrogens with zero attached hydrogens (tertiary/aromatic N) is 1. The van der Waals surface area contributed by atoms with Crippen LogP contribution in [0.2, 0.25) is 0 Å². The van der Waals surface area contributed by atoms with Crippen molar-refractivity contribution in [3.05, 3.63) is 35.4 Å². The van der Waals surface area contributed by atoms with Crippen LogP contribution in [0.4, 0.5) is 0 Å². The van der Waals surface area contributed by atoms with Crippen LogP contribution in [0.25, 0.3) is 0 Å². The zero-order valence-electron chi connectivity index (χ0n) is 15.1. The second-order valence-electron chi connectivity index (χ2n) is 8.76. The van der Waals surface area contributed by atoms with Crippen LogP contribution in [0, 0.1) is 40.9 Å². The fraction of sp³-hybridized carbons (Fsp3) is 0.696. The number of hydrogen-bond acceptors (Lipinski definition) is 1. The Balaban J connectivity index is 1.43. The maximum Gasteiger partial charge on any atom is 0.0991 e. The molecule has 0 heterocycles. The molecule has 3 aliphatic carbocycles. The molecule has 0 aromatic heterocycles. The summed E-state index contributed by atoms with van der Waals surface area (Å²) in [6, 6.07) is 10.7. The largest absolute Gasteiger partial charge is 0.192 e. The highest BCUT2D eigenvalue weighted by atomic mass is 14.5. The third-order valence-corrected chi connectivity index (χ3v) is 7.74. The van der Waals surface area contributed by atoms with Crippen LogP contribution in [0.3, 0.4) is 0 Å². The van der Waals surface area contributed by atoms with Crippen molar-refractivity contribution in [2.24, 2.45) is 29.6 Å². The summed E-state index contributed by atoms with van der Waals surface area (Å²) in [5.74, 6) is 5.86. The van der Waals surface area contributed by atoms with Crippen molar-refractivity contribution in [2.75, 3.05) is 0 Å². The molecule has 0 spiro atoms. The first-order valence-electron chi connectivity index (χ1n) is 10.3. The van der Waals surface area contributed by atoms with Crippen molar-refractivity contribution in [2.45, 2.75) is 70.6 Å². The third kappa shape index (κ3) is 3.01. The normalized spacial score (nSPS) is 38.7. The van der Waals surface area contributed by atoms with E-state index in [9.17, 15) is 0 Å². The van der Waals surface area contributed by atoms with Crippen molar-refractivity contribution >= 4 is 0 Å². The smallest absolute Gasteiger partial charge is 0.0991 e. The predicted octanol–water partition coefficient (Wildman–Crippen LogP) is 6.29. The van der Waals surface area contributed by atoms with Gasteiger partial charge in [-0.2, -0.15) is 5.26 Å². The standard InChI is InChI=1S/C23H31N/c1-2-16-5-11-22-20(13-16)8-9-21-14-19(10-12-23(21)22)18-6-3-17(15-24)4-7-18/h3-4,6-7,16,19-23H,2,5,8-14H2,1H3/t16-,19?,20+,21-,22+,23-/m1/s1. The van der Waals surface area contributed by atoms with E-state index in [-0.39, 0.29) is 0 Å². The van der Waals surface area contributed by atoms with E-state index in [4.69, 9.17) is 5.26 Å². The van der Waals surface area contributed by atoms with Gasteiger partial charge in [-0.05, 0) is 98.1 Å². The minimum atomic E-state index is 0.738. The molecule has 0 amide bonds. The third-order valence-electron chi connectivity index (χ3n) is 7.74. The van der Waals surface area contributed by atoms with E-state index in [1.54, 1.807) is 0 Å². The Morgan fingerprint density at radius 2 is 1.54 bits per heavy atom. The molecule has 1 aromatic rings. The molecule has 6 atom stereocenters. The lowest BCUT2D eigenvalue weighted by atomic mass is 9.55. The van der Waals surface area contributed by atoms with Crippen LogP contribution >= 0.6 is 0 Å². The number of nitriles is 1. The molecule has 3 aliphatic rings. The fourth-order valence-electron chi connectivity index (χ4n) is 6.39. The minimum absolute atomic E-state index is 0.738. The van der Waals surface area contributed by atoms with E-state index in [0.29, 0.717) is 0 Å². The van der Waals surface area contributed by atoms with Crippen molar-refractivity contribution in [1.82, 2.24) is 0 Å². The molecule has 0 N–H and O–H groups in total. The Morgan fingerprint density at radius 1 is 0.875 bits per heavy atom. The first kappa shape index (κ1) is 16.2.